The first-order valence-electron chi connectivity index (χ1n) is 5.85. The van der Waals surface area contributed by atoms with Crippen LogP contribution < -0.4 is 0 Å². The molecule has 5 heteroatoms. The van der Waals surface area contributed by atoms with E-state index in [0.29, 0.717) is 25.6 Å². The second kappa shape index (κ2) is 6.21. The lowest BCUT2D eigenvalue weighted by Gasteiger charge is -2.32. The molecule has 18 heavy (non-hydrogen) atoms. The van der Waals surface area contributed by atoms with Crippen LogP contribution in [-0.4, -0.2) is 42.5 Å². The van der Waals surface area contributed by atoms with Crippen molar-refractivity contribution in [1.29, 1.82) is 0 Å². The first kappa shape index (κ1) is 14.1. The van der Waals surface area contributed by atoms with E-state index < -0.39 is 0 Å². The monoisotopic (exact) mass is 379 g/mol. The topological polar surface area (TPSA) is 29.5 Å². The first-order chi connectivity index (χ1) is 8.63. The summed E-state index contributed by atoms with van der Waals surface area (Å²) < 4.78 is 6.49. The summed E-state index contributed by atoms with van der Waals surface area (Å²) in [6.45, 7) is 3.79. The fraction of sp³-hybridized carbons (Fsp3) is 0.462. The number of ether oxygens (including phenoxy) is 1. The van der Waals surface area contributed by atoms with Gasteiger partial charge in [-0.2, -0.15) is 0 Å². The van der Waals surface area contributed by atoms with Crippen LogP contribution in [0.2, 0.25) is 0 Å². The Morgan fingerprint density at radius 3 is 3.11 bits per heavy atom. The van der Waals surface area contributed by atoms with Crippen LogP contribution >= 0.6 is 34.2 Å². The van der Waals surface area contributed by atoms with Crippen LogP contribution in [0.15, 0.2) is 18.2 Å². The molecule has 0 aromatic heterocycles. The Labute approximate surface area is 126 Å². The number of aryl methyl sites for hydroxylation is 1. The van der Waals surface area contributed by atoms with Crippen molar-refractivity contribution in [3.8, 4) is 0 Å². The molecule has 1 atom stereocenters. The molecule has 0 saturated carbocycles. The normalized spacial score (nSPS) is 19.9. The molecule has 98 valence electrons. The summed E-state index contributed by atoms with van der Waals surface area (Å²) in [5, 5.41) is 0. The molecule has 1 aromatic rings. The van der Waals surface area contributed by atoms with Gasteiger partial charge in [-0.05, 0) is 41.1 Å². The van der Waals surface area contributed by atoms with E-state index in [1.165, 1.54) is 0 Å². The van der Waals surface area contributed by atoms with Crippen molar-refractivity contribution in [2.75, 3.05) is 25.6 Å². The number of hydrogen-bond acceptors (Lipinski definition) is 2. The lowest BCUT2D eigenvalue weighted by Crippen LogP contribution is -2.46. The third kappa shape index (κ3) is 2.97. The molecule has 0 aliphatic carbocycles. The minimum absolute atomic E-state index is 0.0492. The van der Waals surface area contributed by atoms with Gasteiger partial charge >= 0.3 is 0 Å². The zero-order chi connectivity index (χ0) is 13.1. The number of carbonyl (C=O) groups is 1. The molecule has 3 nitrogen and oxygen atoms in total. The van der Waals surface area contributed by atoms with Gasteiger partial charge in [-0.3, -0.25) is 4.79 Å². The number of benzene rings is 1. The van der Waals surface area contributed by atoms with Crippen LogP contribution in [0.4, 0.5) is 0 Å². The third-order valence-corrected chi connectivity index (χ3v) is 4.80. The Morgan fingerprint density at radius 1 is 1.61 bits per heavy atom. The minimum atomic E-state index is -0.0492. The Hall–Kier alpha value is -0.330. The van der Waals surface area contributed by atoms with Crippen molar-refractivity contribution in [2.45, 2.75) is 13.0 Å². The lowest BCUT2D eigenvalue weighted by atomic mass is 10.1. The highest BCUT2D eigenvalue weighted by Gasteiger charge is 2.25. The SMILES string of the molecule is Cc1cccc(C(=O)N2CCOC(CCl)C2)c1I. The van der Waals surface area contributed by atoms with E-state index in [2.05, 4.69) is 22.6 Å². The highest BCUT2D eigenvalue weighted by Crippen LogP contribution is 2.19. The van der Waals surface area contributed by atoms with Crippen molar-refractivity contribution in [3.05, 3.63) is 32.9 Å². The van der Waals surface area contributed by atoms with Crippen LogP contribution in [0, 0.1) is 10.5 Å². The number of alkyl halides is 1. The number of rotatable bonds is 2. The molecular weight excluding hydrogens is 365 g/mol. The van der Waals surface area contributed by atoms with Crippen LogP contribution in [0.25, 0.3) is 0 Å². The predicted molar refractivity (Wildman–Crippen MR) is 80.3 cm³/mol. The summed E-state index contributed by atoms with van der Waals surface area (Å²) in [5.41, 5.74) is 1.90. The van der Waals surface area contributed by atoms with Gasteiger partial charge in [0.05, 0.1) is 24.2 Å². The van der Waals surface area contributed by atoms with Gasteiger partial charge in [0.25, 0.3) is 5.91 Å². The standard InChI is InChI=1S/C13H15ClINO2/c1-9-3-2-4-11(12(9)15)13(17)16-5-6-18-10(7-14)8-16/h2-4,10H,5-8H2,1H3. The quantitative estimate of drug-likeness (QED) is 0.584. The van der Waals surface area contributed by atoms with Gasteiger partial charge in [-0.25, -0.2) is 0 Å². The highest BCUT2D eigenvalue weighted by molar-refractivity contribution is 14.1. The molecule has 1 amide bonds. The maximum Gasteiger partial charge on any atom is 0.255 e. The molecule has 0 spiro atoms. The summed E-state index contributed by atoms with van der Waals surface area (Å²) in [5.74, 6) is 0.496. The molecule has 1 aliphatic heterocycles. The molecule has 1 saturated heterocycles. The Bertz CT molecular complexity index is 453. The van der Waals surface area contributed by atoms with E-state index in [1.54, 1.807) is 0 Å². The van der Waals surface area contributed by atoms with Crippen LogP contribution in [0.3, 0.4) is 0 Å². The fourth-order valence-electron chi connectivity index (χ4n) is 1.98. The number of hydrogen-bond donors (Lipinski definition) is 0. The van der Waals surface area contributed by atoms with Crippen LogP contribution in [0.5, 0.6) is 0 Å². The molecule has 0 bridgehead atoms. The van der Waals surface area contributed by atoms with Crippen molar-refractivity contribution in [1.82, 2.24) is 4.90 Å². The van der Waals surface area contributed by atoms with E-state index in [1.807, 2.05) is 30.0 Å². The molecule has 1 unspecified atom stereocenters. The second-order valence-electron chi connectivity index (χ2n) is 4.33. The van der Waals surface area contributed by atoms with Gasteiger partial charge < -0.3 is 9.64 Å². The van der Waals surface area contributed by atoms with Crippen LogP contribution in [0.1, 0.15) is 15.9 Å². The molecule has 1 aliphatic rings. The van der Waals surface area contributed by atoms with E-state index >= 15 is 0 Å². The predicted octanol–water partition coefficient (Wildman–Crippen LogP) is 2.68. The van der Waals surface area contributed by atoms with Gasteiger partial charge in [0, 0.05) is 16.7 Å². The Morgan fingerprint density at radius 2 is 2.39 bits per heavy atom. The van der Waals surface area contributed by atoms with Crippen LogP contribution in [-0.2, 0) is 4.74 Å². The lowest BCUT2D eigenvalue weighted by molar-refractivity contribution is -0.0108. The van der Waals surface area contributed by atoms with Gasteiger partial charge in [-0.15, -0.1) is 11.6 Å². The van der Waals surface area contributed by atoms with Crippen molar-refractivity contribution < 1.29 is 9.53 Å². The van der Waals surface area contributed by atoms with Crippen molar-refractivity contribution >= 4 is 40.1 Å². The van der Waals surface area contributed by atoms with Gasteiger partial charge in [0.1, 0.15) is 0 Å². The van der Waals surface area contributed by atoms with E-state index in [4.69, 9.17) is 16.3 Å². The van der Waals surface area contributed by atoms with Gasteiger partial charge in [0.2, 0.25) is 0 Å². The zero-order valence-corrected chi connectivity index (χ0v) is 13.1. The first-order valence-corrected chi connectivity index (χ1v) is 7.46. The second-order valence-corrected chi connectivity index (χ2v) is 5.72. The maximum atomic E-state index is 12.5. The number of carbonyl (C=O) groups excluding carboxylic acids is 1. The largest absolute Gasteiger partial charge is 0.373 e. The molecule has 0 N–H and O–H groups in total. The fourth-order valence-corrected chi connectivity index (χ4v) is 2.76. The van der Waals surface area contributed by atoms with Crippen molar-refractivity contribution in [2.24, 2.45) is 0 Å². The summed E-state index contributed by atoms with van der Waals surface area (Å²) >= 11 is 8.01. The summed E-state index contributed by atoms with van der Waals surface area (Å²) in [6.07, 6.45) is -0.0492. The van der Waals surface area contributed by atoms with E-state index in [0.717, 1.165) is 14.7 Å². The number of amides is 1. The number of nitrogens with zero attached hydrogens (tertiary/aromatic N) is 1. The third-order valence-electron chi connectivity index (χ3n) is 3.02. The molecule has 1 heterocycles. The molecular formula is C13H15ClINO2. The minimum Gasteiger partial charge on any atom is -0.373 e. The Kier molecular flexibility index (Phi) is 4.86. The number of morpholine rings is 1. The molecule has 1 fully saturated rings. The van der Waals surface area contributed by atoms with Gasteiger partial charge in [-0.1, -0.05) is 12.1 Å². The summed E-state index contributed by atoms with van der Waals surface area (Å²) in [6, 6.07) is 5.81. The average molecular weight is 380 g/mol. The summed E-state index contributed by atoms with van der Waals surface area (Å²) in [4.78, 5) is 14.3. The van der Waals surface area contributed by atoms with E-state index in [9.17, 15) is 4.79 Å². The van der Waals surface area contributed by atoms with Crippen molar-refractivity contribution in [3.63, 3.8) is 0 Å². The number of halogens is 2. The summed E-state index contributed by atoms with van der Waals surface area (Å²) in [7, 11) is 0. The molecule has 2 rings (SSSR count). The average Bonchev–Trinajstić information content (AvgIpc) is 2.41. The van der Waals surface area contributed by atoms with E-state index in [-0.39, 0.29) is 12.0 Å². The zero-order valence-electron chi connectivity index (χ0n) is 10.2. The smallest absolute Gasteiger partial charge is 0.255 e. The Balaban J connectivity index is 2.18. The van der Waals surface area contributed by atoms with Gasteiger partial charge in [0.15, 0.2) is 0 Å². The molecule has 0 radical (unpaired) electrons. The highest BCUT2D eigenvalue weighted by atomic mass is 127. The maximum absolute atomic E-state index is 12.5. The molecule has 1 aromatic carbocycles.